The highest BCUT2D eigenvalue weighted by Gasteiger charge is 2.12. The lowest BCUT2D eigenvalue weighted by molar-refractivity contribution is -0.122. The third-order valence-electron chi connectivity index (χ3n) is 2.44. The first kappa shape index (κ1) is 15.3. The Morgan fingerprint density at radius 2 is 2.05 bits per heavy atom. The molecule has 0 aliphatic rings. The molecule has 0 atom stereocenters. The van der Waals surface area contributed by atoms with Gasteiger partial charge in [-0.1, -0.05) is 23.2 Å². The third-order valence-corrected chi connectivity index (χ3v) is 2.95. The second kappa shape index (κ2) is 6.55. The lowest BCUT2D eigenvalue weighted by Crippen LogP contribution is -2.40. The molecule has 110 valence electrons. The van der Waals surface area contributed by atoms with Gasteiger partial charge in [-0.3, -0.25) is 10.1 Å². The molecule has 0 radical (unpaired) electrons. The van der Waals surface area contributed by atoms with Crippen LogP contribution >= 0.6 is 23.2 Å². The van der Waals surface area contributed by atoms with Crippen molar-refractivity contribution in [1.82, 2.24) is 20.6 Å². The van der Waals surface area contributed by atoms with E-state index in [9.17, 15) is 9.59 Å². The molecule has 0 spiro atoms. The van der Waals surface area contributed by atoms with E-state index in [1.807, 2.05) is 0 Å². The van der Waals surface area contributed by atoms with Gasteiger partial charge in [0.15, 0.2) is 6.61 Å². The molecule has 21 heavy (non-hydrogen) atoms. The average molecular weight is 329 g/mol. The van der Waals surface area contributed by atoms with Gasteiger partial charge >= 0.3 is 6.03 Å². The average Bonchev–Trinajstić information content (AvgIpc) is 2.45. The summed E-state index contributed by atoms with van der Waals surface area (Å²) in [5.74, 6) is -0.467. The Labute approximate surface area is 129 Å². The number of fused-ring (bicyclic) bond motifs is 1. The van der Waals surface area contributed by atoms with Crippen LogP contribution in [0.2, 0.25) is 10.0 Å². The molecule has 0 saturated heterocycles. The van der Waals surface area contributed by atoms with Gasteiger partial charge in [-0.2, -0.15) is 0 Å². The summed E-state index contributed by atoms with van der Waals surface area (Å²) in [5.41, 5.74) is 0.456. The minimum Gasteiger partial charge on any atom is -0.467 e. The zero-order chi connectivity index (χ0) is 15.4. The van der Waals surface area contributed by atoms with E-state index in [4.69, 9.17) is 27.9 Å². The van der Waals surface area contributed by atoms with Crippen LogP contribution in [0.5, 0.6) is 5.88 Å². The van der Waals surface area contributed by atoms with Crippen LogP contribution in [0.15, 0.2) is 18.5 Å². The van der Waals surface area contributed by atoms with Crippen LogP contribution in [0.1, 0.15) is 0 Å². The summed E-state index contributed by atoms with van der Waals surface area (Å²) >= 11 is 11.9. The van der Waals surface area contributed by atoms with Crippen LogP contribution in [0.4, 0.5) is 4.79 Å². The number of imide groups is 1. The summed E-state index contributed by atoms with van der Waals surface area (Å²) < 4.78 is 5.28. The molecule has 0 aliphatic heterocycles. The summed E-state index contributed by atoms with van der Waals surface area (Å²) in [6, 6.07) is 2.50. The Hall–Kier alpha value is -2.12. The molecule has 2 aromatic rings. The molecule has 2 rings (SSSR count). The first-order chi connectivity index (χ1) is 10.0. The highest BCUT2D eigenvalue weighted by Crippen LogP contribution is 2.30. The van der Waals surface area contributed by atoms with Crippen molar-refractivity contribution in [2.45, 2.75) is 0 Å². The number of nitrogens with zero attached hydrogens (tertiary/aromatic N) is 2. The molecule has 0 bridgehead atoms. The number of benzene rings is 1. The first-order valence-electron chi connectivity index (χ1n) is 5.75. The van der Waals surface area contributed by atoms with Crippen LogP contribution < -0.4 is 15.4 Å². The predicted octanol–water partition coefficient (Wildman–Crippen LogP) is 1.77. The third kappa shape index (κ3) is 3.71. The molecule has 1 heterocycles. The number of rotatable bonds is 3. The van der Waals surface area contributed by atoms with Gasteiger partial charge in [0.2, 0.25) is 5.88 Å². The molecule has 0 saturated carbocycles. The number of halogens is 2. The Bertz CT molecular complexity index is 708. The summed E-state index contributed by atoms with van der Waals surface area (Å²) in [4.78, 5) is 30.4. The van der Waals surface area contributed by atoms with E-state index >= 15 is 0 Å². The lowest BCUT2D eigenvalue weighted by Gasteiger charge is -2.08. The van der Waals surface area contributed by atoms with Gasteiger partial charge in [0, 0.05) is 12.1 Å². The zero-order valence-corrected chi connectivity index (χ0v) is 12.3. The van der Waals surface area contributed by atoms with Crippen LogP contribution in [-0.2, 0) is 4.79 Å². The summed E-state index contributed by atoms with van der Waals surface area (Å²) in [6.45, 7) is -0.385. The fraction of sp³-hybridized carbons (Fsp3) is 0.167. The number of nitrogens with one attached hydrogen (secondary N) is 2. The smallest absolute Gasteiger partial charge is 0.321 e. The maximum absolute atomic E-state index is 11.5. The molecular formula is C12H10Cl2N4O3. The molecule has 0 aliphatic carbocycles. The minimum absolute atomic E-state index is 0.149. The van der Waals surface area contributed by atoms with Crippen molar-refractivity contribution in [3.63, 3.8) is 0 Å². The largest absolute Gasteiger partial charge is 0.467 e. The second-order valence-electron chi connectivity index (χ2n) is 3.88. The molecular weight excluding hydrogens is 319 g/mol. The Balaban J connectivity index is 2.19. The second-order valence-corrected chi connectivity index (χ2v) is 4.72. The summed E-state index contributed by atoms with van der Waals surface area (Å²) in [6.07, 6.45) is 1.26. The molecule has 1 aromatic heterocycles. The molecule has 2 N–H and O–H groups in total. The molecule has 9 heteroatoms. The number of ether oxygens (including phenoxy) is 1. The highest BCUT2D eigenvalue weighted by atomic mass is 35.5. The van der Waals surface area contributed by atoms with E-state index in [0.717, 1.165) is 0 Å². The van der Waals surface area contributed by atoms with Gasteiger partial charge in [-0.15, -0.1) is 0 Å². The normalized spacial score (nSPS) is 10.2. The van der Waals surface area contributed by atoms with Crippen LogP contribution in [0.25, 0.3) is 10.9 Å². The monoisotopic (exact) mass is 328 g/mol. The van der Waals surface area contributed by atoms with Crippen LogP contribution in [-0.4, -0.2) is 35.6 Å². The Kier molecular flexibility index (Phi) is 4.77. The van der Waals surface area contributed by atoms with Crippen molar-refractivity contribution in [2.24, 2.45) is 0 Å². The maximum atomic E-state index is 11.5. The van der Waals surface area contributed by atoms with Crippen molar-refractivity contribution >= 4 is 46.0 Å². The number of urea groups is 1. The van der Waals surface area contributed by atoms with E-state index < -0.39 is 11.9 Å². The van der Waals surface area contributed by atoms with E-state index in [-0.39, 0.29) is 12.5 Å². The van der Waals surface area contributed by atoms with Crippen molar-refractivity contribution in [3.8, 4) is 5.88 Å². The number of hydrogen-bond acceptors (Lipinski definition) is 5. The molecule has 1 aromatic carbocycles. The molecule has 7 nitrogen and oxygen atoms in total. The number of carbonyl (C=O) groups excluding carboxylic acids is 2. The molecule has 0 fully saturated rings. The van der Waals surface area contributed by atoms with Gasteiger partial charge in [0.05, 0.1) is 15.9 Å². The maximum Gasteiger partial charge on any atom is 0.321 e. The van der Waals surface area contributed by atoms with Crippen molar-refractivity contribution in [3.05, 3.63) is 28.5 Å². The van der Waals surface area contributed by atoms with E-state index in [1.165, 1.54) is 13.4 Å². The zero-order valence-electron chi connectivity index (χ0n) is 10.8. The minimum atomic E-state index is -0.623. The fourth-order valence-electron chi connectivity index (χ4n) is 1.54. The topological polar surface area (TPSA) is 93.2 Å². The van der Waals surface area contributed by atoms with Gasteiger partial charge in [0.25, 0.3) is 5.91 Å². The quantitative estimate of drug-likeness (QED) is 0.895. The van der Waals surface area contributed by atoms with Gasteiger partial charge in [0.1, 0.15) is 6.33 Å². The van der Waals surface area contributed by atoms with Crippen molar-refractivity contribution in [2.75, 3.05) is 13.7 Å². The van der Waals surface area contributed by atoms with E-state index in [0.29, 0.717) is 20.9 Å². The van der Waals surface area contributed by atoms with Crippen LogP contribution in [0.3, 0.4) is 0 Å². The number of amides is 3. The Morgan fingerprint density at radius 1 is 1.29 bits per heavy atom. The van der Waals surface area contributed by atoms with Crippen molar-refractivity contribution in [1.29, 1.82) is 0 Å². The first-order valence-corrected chi connectivity index (χ1v) is 6.51. The van der Waals surface area contributed by atoms with Crippen LogP contribution in [0, 0.1) is 0 Å². The lowest BCUT2D eigenvalue weighted by atomic mass is 10.2. The predicted molar refractivity (Wildman–Crippen MR) is 77.7 cm³/mol. The van der Waals surface area contributed by atoms with E-state index in [2.05, 4.69) is 20.6 Å². The van der Waals surface area contributed by atoms with Crippen molar-refractivity contribution < 1.29 is 14.3 Å². The van der Waals surface area contributed by atoms with Gasteiger partial charge in [-0.25, -0.2) is 14.8 Å². The highest BCUT2D eigenvalue weighted by molar-refractivity contribution is 6.38. The summed E-state index contributed by atoms with van der Waals surface area (Å²) in [7, 11) is 1.39. The summed E-state index contributed by atoms with van der Waals surface area (Å²) in [5, 5.41) is 5.53. The SMILES string of the molecule is CNC(=O)NC(=O)COc1ncnc2c(Cl)cc(Cl)cc12. The van der Waals surface area contributed by atoms with E-state index in [1.54, 1.807) is 12.1 Å². The number of aromatic nitrogens is 2. The molecule has 3 amide bonds. The number of carbonyl (C=O) groups is 2. The fourth-order valence-corrected chi connectivity index (χ4v) is 2.09. The molecule has 0 unspecified atom stereocenters. The standard InChI is InChI=1S/C12H10Cl2N4O3/c1-15-12(20)18-9(19)4-21-11-7-2-6(13)3-8(14)10(7)16-5-17-11/h2-3,5H,4H2,1H3,(H2,15,18,19,20). The Morgan fingerprint density at radius 3 is 2.76 bits per heavy atom. The number of hydrogen-bond donors (Lipinski definition) is 2. The van der Waals surface area contributed by atoms with Gasteiger partial charge in [-0.05, 0) is 12.1 Å². The van der Waals surface area contributed by atoms with Gasteiger partial charge < -0.3 is 10.1 Å².